The number of hydrogen-bond donors (Lipinski definition) is 2. The molecule has 27 heavy (non-hydrogen) atoms. The van der Waals surface area contributed by atoms with Crippen LogP contribution in [0.25, 0.3) is 0 Å². The summed E-state index contributed by atoms with van der Waals surface area (Å²) in [4.78, 5) is 38.9. The molecule has 1 aromatic rings. The number of nitrogens with one attached hydrogen (secondary N) is 1. The van der Waals surface area contributed by atoms with E-state index in [1.54, 1.807) is 18.5 Å². The molecule has 9 heteroatoms. The van der Waals surface area contributed by atoms with Crippen molar-refractivity contribution in [2.75, 3.05) is 44.2 Å². The molecular weight excluding hydrogens is 348 g/mol. The fourth-order valence-electron chi connectivity index (χ4n) is 4.31. The summed E-state index contributed by atoms with van der Waals surface area (Å²) in [5, 5.41) is 13.3. The van der Waals surface area contributed by atoms with Crippen molar-refractivity contribution in [3.8, 4) is 0 Å². The van der Waals surface area contributed by atoms with Gasteiger partial charge in [-0.2, -0.15) is 0 Å². The lowest BCUT2D eigenvalue weighted by atomic mass is 9.98. The maximum absolute atomic E-state index is 12.7. The first-order valence-electron chi connectivity index (χ1n) is 9.64. The molecule has 1 aliphatic carbocycles. The number of carbonyl (C=O) groups excluding carboxylic acids is 2. The van der Waals surface area contributed by atoms with Crippen molar-refractivity contribution in [2.24, 2.45) is 0 Å². The second-order valence-electron chi connectivity index (χ2n) is 7.63. The normalized spacial score (nSPS) is 23.9. The molecule has 0 unspecified atom stereocenters. The third kappa shape index (κ3) is 3.61. The van der Waals surface area contributed by atoms with Crippen LogP contribution < -0.4 is 10.2 Å². The van der Waals surface area contributed by atoms with Crippen molar-refractivity contribution in [2.45, 2.75) is 37.3 Å². The first-order valence-corrected chi connectivity index (χ1v) is 9.64. The smallest absolute Gasteiger partial charge is 0.325 e. The quantitative estimate of drug-likeness (QED) is 0.690. The number of aliphatic hydroxyl groups excluding tert-OH is 1. The minimum Gasteiger partial charge on any atom is -0.390 e. The van der Waals surface area contributed by atoms with Gasteiger partial charge in [0.25, 0.3) is 5.91 Å². The van der Waals surface area contributed by atoms with Crippen LogP contribution in [0.15, 0.2) is 18.5 Å². The van der Waals surface area contributed by atoms with Crippen molar-refractivity contribution in [3.05, 3.63) is 18.5 Å². The highest BCUT2D eigenvalue weighted by molar-refractivity contribution is 6.07. The summed E-state index contributed by atoms with van der Waals surface area (Å²) in [5.41, 5.74) is -0.710. The molecule has 4 rings (SSSR count). The molecular formula is C18H26N6O3. The SMILES string of the molecule is O=C1NC2(CCCC2)C(=O)N1C[C@@H](O)CN1CCN(c2ncccn2)CC1. The number of piperazine rings is 1. The zero-order valence-corrected chi connectivity index (χ0v) is 15.4. The van der Waals surface area contributed by atoms with E-state index in [2.05, 4.69) is 25.1 Å². The topological polar surface area (TPSA) is 102 Å². The van der Waals surface area contributed by atoms with E-state index in [0.29, 0.717) is 19.4 Å². The Bertz CT molecular complexity index is 686. The van der Waals surface area contributed by atoms with Gasteiger partial charge < -0.3 is 15.3 Å². The summed E-state index contributed by atoms with van der Waals surface area (Å²) in [6, 6.07) is 1.42. The molecule has 1 spiro atoms. The Labute approximate surface area is 158 Å². The number of amides is 3. The average molecular weight is 374 g/mol. The molecule has 146 valence electrons. The maximum atomic E-state index is 12.7. The number of carbonyl (C=O) groups is 2. The van der Waals surface area contributed by atoms with Gasteiger partial charge in [-0.1, -0.05) is 12.8 Å². The van der Waals surface area contributed by atoms with Gasteiger partial charge in [-0.15, -0.1) is 0 Å². The van der Waals surface area contributed by atoms with E-state index in [-0.39, 0.29) is 18.5 Å². The first kappa shape index (κ1) is 18.1. The molecule has 3 fully saturated rings. The third-order valence-electron chi connectivity index (χ3n) is 5.77. The summed E-state index contributed by atoms with van der Waals surface area (Å²) in [7, 11) is 0. The second-order valence-corrected chi connectivity index (χ2v) is 7.63. The Morgan fingerprint density at radius 3 is 2.41 bits per heavy atom. The standard InChI is InChI=1S/C18H26N6O3/c25-14(13-24-15(26)18(21-17(24)27)4-1-2-5-18)12-22-8-10-23(11-9-22)16-19-6-3-7-20-16/h3,6-7,14,25H,1-2,4-5,8-13H2,(H,21,27)/t14-/m0/s1. The Hall–Kier alpha value is -2.26. The number of β-amino-alcohol motifs (C(OH)–C–C–N with tert-alkyl or cyclic N) is 1. The van der Waals surface area contributed by atoms with Gasteiger partial charge in [-0.3, -0.25) is 14.6 Å². The van der Waals surface area contributed by atoms with E-state index < -0.39 is 11.6 Å². The highest BCUT2D eigenvalue weighted by atomic mass is 16.3. The van der Waals surface area contributed by atoms with Crippen LogP contribution in [0, 0.1) is 0 Å². The second kappa shape index (κ2) is 7.40. The number of urea groups is 1. The van der Waals surface area contributed by atoms with Crippen LogP contribution in [0.4, 0.5) is 10.7 Å². The average Bonchev–Trinajstić information content (AvgIpc) is 3.24. The zero-order valence-electron chi connectivity index (χ0n) is 15.4. The number of anilines is 1. The van der Waals surface area contributed by atoms with Gasteiger partial charge in [0.15, 0.2) is 0 Å². The van der Waals surface area contributed by atoms with Crippen molar-refractivity contribution in [1.82, 2.24) is 25.1 Å². The van der Waals surface area contributed by atoms with Crippen LogP contribution in [0.3, 0.4) is 0 Å². The molecule has 2 aliphatic heterocycles. The van der Waals surface area contributed by atoms with Crippen LogP contribution in [0.1, 0.15) is 25.7 Å². The molecule has 0 bridgehead atoms. The molecule has 1 saturated carbocycles. The highest BCUT2D eigenvalue weighted by Crippen LogP contribution is 2.35. The molecule has 1 aromatic heterocycles. The van der Waals surface area contributed by atoms with Crippen molar-refractivity contribution in [3.63, 3.8) is 0 Å². The van der Waals surface area contributed by atoms with Gasteiger partial charge in [-0.05, 0) is 18.9 Å². The van der Waals surface area contributed by atoms with E-state index in [1.165, 1.54) is 4.90 Å². The summed E-state index contributed by atoms with van der Waals surface area (Å²) in [6.45, 7) is 3.60. The fourth-order valence-corrected chi connectivity index (χ4v) is 4.31. The Morgan fingerprint density at radius 1 is 1.07 bits per heavy atom. The van der Waals surface area contributed by atoms with E-state index in [1.807, 2.05) is 0 Å². The Morgan fingerprint density at radius 2 is 1.74 bits per heavy atom. The predicted molar refractivity (Wildman–Crippen MR) is 98.1 cm³/mol. The number of imide groups is 1. The number of rotatable bonds is 5. The molecule has 3 heterocycles. The van der Waals surface area contributed by atoms with Crippen molar-refractivity contribution < 1.29 is 14.7 Å². The van der Waals surface area contributed by atoms with Gasteiger partial charge in [0.1, 0.15) is 5.54 Å². The zero-order chi connectivity index (χ0) is 18.9. The maximum Gasteiger partial charge on any atom is 0.325 e. The van der Waals surface area contributed by atoms with Gasteiger partial charge >= 0.3 is 6.03 Å². The summed E-state index contributed by atoms with van der Waals surface area (Å²) < 4.78 is 0. The van der Waals surface area contributed by atoms with Crippen LogP contribution in [0.2, 0.25) is 0 Å². The highest BCUT2D eigenvalue weighted by Gasteiger charge is 2.52. The molecule has 2 saturated heterocycles. The molecule has 1 atom stereocenters. The molecule has 9 nitrogen and oxygen atoms in total. The minimum atomic E-state index is -0.754. The Kier molecular flexibility index (Phi) is 4.96. The van der Waals surface area contributed by atoms with Crippen LogP contribution in [-0.2, 0) is 4.79 Å². The van der Waals surface area contributed by atoms with Gasteiger partial charge in [0.2, 0.25) is 5.95 Å². The van der Waals surface area contributed by atoms with Gasteiger partial charge in [0.05, 0.1) is 12.6 Å². The molecule has 3 aliphatic rings. The van der Waals surface area contributed by atoms with Gasteiger partial charge in [0, 0.05) is 45.1 Å². The molecule has 3 amide bonds. The minimum absolute atomic E-state index is 0.0500. The summed E-state index contributed by atoms with van der Waals surface area (Å²) in [5.74, 6) is 0.550. The van der Waals surface area contributed by atoms with E-state index in [9.17, 15) is 14.7 Å². The lowest BCUT2D eigenvalue weighted by molar-refractivity contribution is -0.132. The predicted octanol–water partition coefficient (Wildman–Crippen LogP) is -0.176. The number of nitrogens with zero attached hydrogens (tertiary/aromatic N) is 5. The lowest BCUT2D eigenvalue weighted by Gasteiger charge is -2.35. The largest absolute Gasteiger partial charge is 0.390 e. The van der Waals surface area contributed by atoms with Gasteiger partial charge in [-0.25, -0.2) is 14.8 Å². The summed E-state index contributed by atoms with van der Waals surface area (Å²) in [6.07, 6.45) is 6.02. The van der Waals surface area contributed by atoms with Crippen molar-refractivity contribution >= 4 is 17.9 Å². The van der Waals surface area contributed by atoms with Crippen LogP contribution in [-0.4, -0.2) is 87.7 Å². The number of aromatic nitrogens is 2. The number of hydrogen-bond acceptors (Lipinski definition) is 7. The lowest BCUT2D eigenvalue weighted by Crippen LogP contribution is -2.51. The Balaban J connectivity index is 1.27. The monoisotopic (exact) mass is 374 g/mol. The van der Waals surface area contributed by atoms with Crippen LogP contribution in [0.5, 0.6) is 0 Å². The van der Waals surface area contributed by atoms with Crippen molar-refractivity contribution in [1.29, 1.82) is 0 Å². The van der Waals surface area contributed by atoms with Crippen LogP contribution >= 0.6 is 0 Å². The molecule has 0 aromatic carbocycles. The summed E-state index contributed by atoms with van der Waals surface area (Å²) >= 11 is 0. The van der Waals surface area contributed by atoms with E-state index in [4.69, 9.17) is 0 Å². The first-order chi connectivity index (χ1) is 13.1. The van der Waals surface area contributed by atoms with E-state index in [0.717, 1.165) is 45.0 Å². The number of aliphatic hydroxyl groups is 1. The molecule has 2 N–H and O–H groups in total. The fraction of sp³-hybridized carbons (Fsp3) is 0.667. The molecule has 0 radical (unpaired) electrons. The third-order valence-corrected chi connectivity index (χ3v) is 5.77. The van der Waals surface area contributed by atoms with E-state index >= 15 is 0 Å².